The van der Waals surface area contributed by atoms with Gasteiger partial charge in [-0.15, -0.1) is 0 Å². The summed E-state index contributed by atoms with van der Waals surface area (Å²) in [6.45, 7) is 7.72. The molecule has 1 atom stereocenters. The summed E-state index contributed by atoms with van der Waals surface area (Å²) in [5.41, 5.74) is 4.10. The Balaban J connectivity index is 1.56. The third-order valence-corrected chi connectivity index (χ3v) is 6.57. The number of fused-ring (bicyclic) bond motifs is 4. The van der Waals surface area contributed by atoms with Gasteiger partial charge >= 0.3 is 0 Å². The summed E-state index contributed by atoms with van der Waals surface area (Å²) >= 11 is 0. The summed E-state index contributed by atoms with van der Waals surface area (Å²) in [6, 6.07) is 13.4. The van der Waals surface area contributed by atoms with Crippen LogP contribution in [0.3, 0.4) is 0 Å². The van der Waals surface area contributed by atoms with E-state index in [1.165, 1.54) is 23.3 Å². The van der Waals surface area contributed by atoms with Crippen LogP contribution in [0.5, 0.6) is 5.75 Å². The molecule has 5 heteroatoms. The van der Waals surface area contributed by atoms with E-state index < -0.39 is 0 Å². The molecule has 0 amide bonds. The Morgan fingerprint density at radius 3 is 2.64 bits per heavy atom. The van der Waals surface area contributed by atoms with E-state index in [0.717, 1.165) is 55.9 Å². The van der Waals surface area contributed by atoms with Gasteiger partial charge in [-0.25, -0.2) is 9.40 Å². The first-order valence-electron chi connectivity index (χ1n) is 10.3. The van der Waals surface area contributed by atoms with E-state index in [4.69, 9.17) is 9.84 Å². The van der Waals surface area contributed by atoms with E-state index in [-0.39, 0.29) is 17.6 Å². The number of aryl methyl sites for hydroxylation is 1. The molecule has 2 aromatic rings. The highest BCUT2D eigenvalue weighted by Gasteiger charge is 2.52. The summed E-state index contributed by atoms with van der Waals surface area (Å²) < 4.78 is 20.1. The largest absolute Gasteiger partial charge is 0.466 e. The molecule has 3 aliphatic heterocycles. The fraction of sp³-hybridized carbons (Fsp3) is 0.435. The van der Waals surface area contributed by atoms with Crippen LogP contribution in [-0.4, -0.2) is 36.1 Å². The maximum absolute atomic E-state index is 13.4. The van der Waals surface area contributed by atoms with Gasteiger partial charge in [0.15, 0.2) is 0 Å². The van der Waals surface area contributed by atoms with Crippen LogP contribution in [0.4, 0.5) is 4.39 Å². The van der Waals surface area contributed by atoms with Gasteiger partial charge in [0.25, 0.3) is 0 Å². The number of nitrogens with one attached hydrogen (secondary N) is 1. The zero-order chi connectivity index (χ0) is 19.3. The van der Waals surface area contributed by atoms with E-state index in [0.29, 0.717) is 0 Å². The van der Waals surface area contributed by atoms with Gasteiger partial charge in [-0.05, 0) is 37.6 Å². The van der Waals surface area contributed by atoms with Crippen LogP contribution < -0.4 is 9.64 Å². The van der Waals surface area contributed by atoms with Gasteiger partial charge in [0.1, 0.15) is 11.6 Å². The van der Waals surface area contributed by atoms with Crippen molar-refractivity contribution >= 4 is 5.71 Å². The minimum Gasteiger partial charge on any atom is -0.466 e. The Bertz CT molecular complexity index is 916. The van der Waals surface area contributed by atoms with Crippen molar-refractivity contribution in [3.63, 3.8) is 0 Å². The third-order valence-electron chi connectivity index (χ3n) is 6.57. The maximum Gasteiger partial charge on any atom is 0.208 e. The van der Waals surface area contributed by atoms with Gasteiger partial charge in [-0.3, -0.25) is 0 Å². The smallest absolute Gasteiger partial charge is 0.208 e. The second-order valence-corrected chi connectivity index (χ2v) is 8.31. The topological polar surface area (TPSA) is 29.3 Å². The predicted octanol–water partition coefficient (Wildman–Crippen LogP) is 3.07. The van der Waals surface area contributed by atoms with Crippen LogP contribution in [0.1, 0.15) is 48.9 Å². The molecule has 3 aliphatic rings. The summed E-state index contributed by atoms with van der Waals surface area (Å²) in [5, 5.41) is 7.30. The lowest BCUT2D eigenvalue weighted by atomic mass is 9.90. The van der Waals surface area contributed by atoms with Gasteiger partial charge in [-0.2, -0.15) is 5.10 Å². The molecule has 3 heterocycles. The average molecular weight is 380 g/mol. The molecule has 28 heavy (non-hydrogen) atoms. The monoisotopic (exact) mass is 380 g/mol. The predicted molar refractivity (Wildman–Crippen MR) is 107 cm³/mol. The van der Waals surface area contributed by atoms with Crippen LogP contribution >= 0.6 is 0 Å². The molecule has 1 spiro atoms. The normalized spacial score (nSPS) is 28.5. The van der Waals surface area contributed by atoms with Gasteiger partial charge in [0.2, 0.25) is 5.72 Å². The number of halogens is 1. The van der Waals surface area contributed by atoms with Crippen molar-refractivity contribution in [2.24, 2.45) is 5.10 Å². The molecule has 1 fully saturated rings. The van der Waals surface area contributed by atoms with E-state index in [1.54, 1.807) is 4.90 Å². The molecule has 0 saturated carbocycles. The number of hydrogen-bond acceptors (Lipinski definition) is 3. The lowest BCUT2D eigenvalue weighted by Gasteiger charge is -2.50. The standard InChI is InChI=1S/C23H26FN3O/c1-3-26-12-10-23(11-13-26)27-21(19-14-16(2)4-9-22(19)28-23)15-20(25-27)17-5-7-18(24)8-6-17/h4-9,14,21H,3,10-13,15H2,1-2H3/p+1/t21-/m0/s1. The highest BCUT2D eigenvalue weighted by molar-refractivity contribution is 6.02. The Kier molecular flexibility index (Phi) is 4.16. The molecule has 5 rings (SSSR count). The lowest BCUT2D eigenvalue weighted by Crippen LogP contribution is -3.13. The van der Waals surface area contributed by atoms with Gasteiger partial charge in [-0.1, -0.05) is 29.8 Å². The van der Waals surface area contributed by atoms with E-state index in [2.05, 4.69) is 37.1 Å². The SMILES string of the molecule is CC[NH+]1CCC2(CC1)Oc1ccc(C)cc1[C@@H]1CC(c3ccc(F)cc3)=NN12. The Morgan fingerprint density at radius 1 is 1.18 bits per heavy atom. The van der Waals surface area contributed by atoms with Crippen molar-refractivity contribution in [2.75, 3.05) is 19.6 Å². The molecule has 1 saturated heterocycles. The molecule has 0 aromatic heterocycles. The number of hydrazone groups is 1. The molecular formula is C23H27FN3O+. The number of likely N-dealkylation sites (tertiary alicyclic amines) is 1. The molecule has 146 valence electrons. The van der Waals surface area contributed by atoms with Crippen molar-refractivity contribution in [1.82, 2.24) is 5.01 Å². The first kappa shape index (κ1) is 17.7. The van der Waals surface area contributed by atoms with Crippen molar-refractivity contribution in [3.8, 4) is 5.75 Å². The molecule has 4 nitrogen and oxygen atoms in total. The number of rotatable bonds is 2. The van der Waals surface area contributed by atoms with Crippen LogP contribution in [0.25, 0.3) is 0 Å². The molecule has 0 bridgehead atoms. The van der Waals surface area contributed by atoms with Crippen molar-refractivity contribution in [2.45, 2.75) is 44.9 Å². The van der Waals surface area contributed by atoms with Crippen molar-refractivity contribution < 1.29 is 14.0 Å². The minimum atomic E-state index is -0.368. The summed E-state index contributed by atoms with van der Waals surface area (Å²) in [4.78, 5) is 1.63. The molecule has 2 aromatic carbocycles. The maximum atomic E-state index is 13.4. The van der Waals surface area contributed by atoms with Gasteiger partial charge in [0, 0.05) is 12.0 Å². The highest BCUT2D eigenvalue weighted by Crippen LogP contribution is 2.49. The Hall–Kier alpha value is -2.40. The number of benzene rings is 2. The quantitative estimate of drug-likeness (QED) is 0.868. The van der Waals surface area contributed by atoms with Crippen molar-refractivity contribution in [3.05, 3.63) is 65.0 Å². The van der Waals surface area contributed by atoms with Crippen LogP contribution in [-0.2, 0) is 0 Å². The summed E-state index contributed by atoms with van der Waals surface area (Å²) in [5.74, 6) is 0.790. The van der Waals surface area contributed by atoms with E-state index in [1.807, 2.05) is 12.1 Å². The first-order chi connectivity index (χ1) is 13.6. The second-order valence-electron chi connectivity index (χ2n) is 8.31. The van der Waals surface area contributed by atoms with Gasteiger partial charge < -0.3 is 9.64 Å². The zero-order valence-electron chi connectivity index (χ0n) is 16.5. The van der Waals surface area contributed by atoms with Crippen LogP contribution in [0.2, 0.25) is 0 Å². The number of piperidine rings is 1. The molecular weight excluding hydrogens is 353 g/mol. The molecule has 0 aliphatic carbocycles. The number of ether oxygens (including phenoxy) is 1. The zero-order valence-corrected chi connectivity index (χ0v) is 16.5. The lowest BCUT2D eigenvalue weighted by molar-refractivity contribution is -0.906. The van der Waals surface area contributed by atoms with Crippen LogP contribution in [0, 0.1) is 12.7 Å². The second kappa shape index (κ2) is 6.59. The summed E-state index contributed by atoms with van der Waals surface area (Å²) in [6.07, 6.45) is 2.78. The number of nitrogens with zero attached hydrogens (tertiary/aromatic N) is 2. The highest BCUT2D eigenvalue weighted by atomic mass is 19.1. The minimum absolute atomic E-state index is 0.187. The number of quaternary nitrogens is 1. The van der Waals surface area contributed by atoms with Crippen LogP contribution in [0.15, 0.2) is 47.6 Å². The fourth-order valence-corrected chi connectivity index (χ4v) is 4.90. The fourth-order valence-electron chi connectivity index (χ4n) is 4.90. The van der Waals surface area contributed by atoms with E-state index in [9.17, 15) is 4.39 Å². The summed E-state index contributed by atoms with van der Waals surface area (Å²) in [7, 11) is 0. The van der Waals surface area contributed by atoms with Crippen molar-refractivity contribution in [1.29, 1.82) is 0 Å². The first-order valence-corrected chi connectivity index (χ1v) is 10.3. The van der Waals surface area contributed by atoms with Gasteiger partial charge in [0.05, 0.1) is 44.2 Å². The average Bonchev–Trinajstić information content (AvgIpc) is 3.17. The molecule has 0 unspecified atom stereocenters. The Labute approximate surface area is 165 Å². The molecule has 1 N–H and O–H groups in total. The Morgan fingerprint density at radius 2 is 1.93 bits per heavy atom. The third kappa shape index (κ3) is 2.80. The molecule has 0 radical (unpaired) electrons. The van der Waals surface area contributed by atoms with E-state index >= 15 is 0 Å². The number of hydrogen-bond donors (Lipinski definition) is 1.